The van der Waals surface area contributed by atoms with Crippen LogP contribution in [0.4, 0.5) is 0 Å². The maximum atomic E-state index is 11.0. The van der Waals surface area contributed by atoms with Crippen LogP contribution < -0.4 is 5.46 Å². The van der Waals surface area contributed by atoms with Gasteiger partial charge in [-0.1, -0.05) is 11.6 Å². The van der Waals surface area contributed by atoms with E-state index in [2.05, 4.69) is 0 Å². The standard InChI is InChI=1S/C13H17BO4/c1-8-5-6-10(12(15)16)7-11(8)14-17-9(2)13(3,4)18-14/h5-7,9H,1-4H3,(H,15,16). The van der Waals surface area contributed by atoms with Gasteiger partial charge in [-0.2, -0.15) is 0 Å². The SMILES string of the molecule is Cc1ccc(C(=O)O)cc1B1OC(C)C(C)(C)O1. The van der Waals surface area contributed by atoms with Crippen molar-refractivity contribution in [2.45, 2.75) is 39.4 Å². The second-order valence-corrected chi connectivity index (χ2v) is 5.21. The van der Waals surface area contributed by atoms with Gasteiger partial charge < -0.3 is 14.4 Å². The second kappa shape index (κ2) is 4.41. The highest BCUT2D eigenvalue weighted by atomic mass is 16.7. The molecule has 0 amide bonds. The number of aromatic carboxylic acids is 1. The Hall–Kier alpha value is -1.33. The van der Waals surface area contributed by atoms with E-state index in [4.69, 9.17) is 14.4 Å². The van der Waals surface area contributed by atoms with Crippen LogP contribution in [0.1, 0.15) is 36.7 Å². The number of benzene rings is 1. The van der Waals surface area contributed by atoms with Crippen molar-refractivity contribution in [2.75, 3.05) is 0 Å². The maximum Gasteiger partial charge on any atom is 0.494 e. The van der Waals surface area contributed by atoms with Crippen molar-refractivity contribution in [3.05, 3.63) is 29.3 Å². The largest absolute Gasteiger partial charge is 0.494 e. The van der Waals surface area contributed by atoms with Crippen molar-refractivity contribution >= 4 is 18.6 Å². The molecule has 1 heterocycles. The molecule has 1 aliphatic heterocycles. The summed E-state index contributed by atoms with van der Waals surface area (Å²) < 4.78 is 11.6. The molecule has 4 nitrogen and oxygen atoms in total. The van der Waals surface area contributed by atoms with Crippen molar-refractivity contribution < 1.29 is 19.2 Å². The molecule has 0 saturated carbocycles. The molecular formula is C13H17BO4. The van der Waals surface area contributed by atoms with Gasteiger partial charge in [0.2, 0.25) is 0 Å². The van der Waals surface area contributed by atoms with E-state index in [1.54, 1.807) is 18.2 Å². The molecule has 1 saturated heterocycles. The summed E-state index contributed by atoms with van der Waals surface area (Å²) in [5.74, 6) is -0.943. The zero-order valence-corrected chi connectivity index (χ0v) is 11.1. The van der Waals surface area contributed by atoms with E-state index in [0.717, 1.165) is 11.0 Å². The third kappa shape index (κ3) is 2.28. The highest BCUT2D eigenvalue weighted by Crippen LogP contribution is 2.27. The van der Waals surface area contributed by atoms with Gasteiger partial charge in [-0.15, -0.1) is 0 Å². The van der Waals surface area contributed by atoms with Gasteiger partial charge in [0.05, 0.1) is 17.3 Å². The average Bonchev–Trinajstić information content (AvgIpc) is 2.53. The molecule has 18 heavy (non-hydrogen) atoms. The first kappa shape index (κ1) is 13.1. The van der Waals surface area contributed by atoms with Gasteiger partial charge in [0, 0.05) is 0 Å². The zero-order chi connectivity index (χ0) is 13.5. The van der Waals surface area contributed by atoms with E-state index < -0.39 is 13.1 Å². The topological polar surface area (TPSA) is 55.8 Å². The van der Waals surface area contributed by atoms with E-state index in [1.807, 2.05) is 27.7 Å². The van der Waals surface area contributed by atoms with Crippen molar-refractivity contribution in [1.82, 2.24) is 0 Å². The average molecular weight is 248 g/mol. The molecule has 1 fully saturated rings. The smallest absolute Gasteiger partial charge is 0.478 e. The van der Waals surface area contributed by atoms with Crippen molar-refractivity contribution in [3.63, 3.8) is 0 Å². The fourth-order valence-electron chi connectivity index (χ4n) is 1.91. The van der Waals surface area contributed by atoms with Crippen molar-refractivity contribution in [2.24, 2.45) is 0 Å². The van der Waals surface area contributed by atoms with Crippen LogP contribution in [0.25, 0.3) is 0 Å². The van der Waals surface area contributed by atoms with Crippen molar-refractivity contribution in [1.29, 1.82) is 0 Å². The number of carboxylic acid groups (broad SMARTS) is 1. The third-order valence-corrected chi connectivity index (χ3v) is 3.50. The highest BCUT2D eigenvalue weighted by Gasteiger charge is 2.44. The molecular weight excluding hydrogens is 231 g/mol. The van der Waals surface area contributed by atoms with Gasteiger partial charge in [0.15, 0.2) is 0 Å². The van der Waals surface area contributed by atoms with Crippen LogP contribution in [0.15, 0.2) is 18.2 Å². The molecule has 5 heteroatoms. The van der Waals surface area contributed by atoms with Gasteiger partial charge in [0.1, 0.15) is 0 Å². The number of rotatable bonds is 2. The van der Waals surface area contributed by atoms with Crippen LogP contribution in [-0.2, 0) is 9.31 Å². The summed E-state index contributed by atoms with van der Waals surface area (Å²) in [6.07, 6.45) is -0.0321. The molecule has 96 valence electrons. The molecule has 1 atom stereocenters. The van der Waals surface area contributed by atoms with Gasteiger partial charge in [-0.25, -0.2) is 4.79 Å². The minimum atomic E-state index is -0.943. The Morgan fingerprint density at radius 1 is 1.44 bits per heavy atom. The molecule has 0 radical (unpaired) electrons. The Morgan fingerprint density at radius 3 is 2.61 bits per heavy atom. The first-order valence-corrected chi connectivity index (χ1v) is 5.98. The van der Waals surface area contributed by atoms with E-state index in [0.29, 0.717) is 0 Å². The summed E-state index contributed by atoms with van der Waals surface area (Å²) in [5, 5.41) is 9.02. The Bertz CT molecular complexity index is 484. The van der Waals surface area contributed by atoms with Gasteiger partial charge in [0.25, 0.3) is 0 Å². The molecule has 1 aliphatic rings. The molecule has 2 rings (SSSR count). The summed E-state index contributed by atoms with van der Waals surface area (Å²) in [7, 11) is -0.491. The van der Waals surface area contributed by atoms with Crippen LogP contribution in [-0.4, -0.2) is 29.9 Å². The number of carbonyl (C=O) groups is 1. The number of hydrogen-bond acceptors (Lipinski definition) is 3. The lowest BCUT2D eigenvalue weighted by Gasteiger charge is -2.21. The summed E-state index contributed by atoms with van der Waals surface area (Å²) in [6, 6.07) is 4.99. The monoisotopic (exact) mass is 248 g/mol. The van der Waals surface area contributed by atoms with Crippen molar-refractivity contribution in [3.8, 4) is 0 Å². The fraction of sp³-hybridized carbons (Fsp3) is 0.462. The molecule has 1 N–H and O–H groups in total. The summed E-state index contributed by atoms with van der Waals surface area (Å²) in [6.45, 7) is 7.81. The second-order valence-electron chi connectivity index (χ2n) is 5.21. The van der Waals surface area contributed by atoms with Crippen LogP contribution in [0.5, 0.6) is 0 Å². The summed E-state index contributed by atoms with van der Waals surface area (Å²) >= 11 is 0. The van der Waals surface area contributed by atoms with E-state index in [1.165, 1.54) is 0 Å². The Labute approximate surface area is 107 Å². The highest BCUT2D eigenvalue weighted by molar-refractivity contribution is 6.62. The van der Waals surface area contributed by atoms with E-state index >= 15 is 0 Å². The minimum Gasteiger partial charge on any atom is -0.478 e. The number of carboxylic acids is 1. The maximum absolute atomic E-state index is 11.0. The first-order valence-electron chi connectivity index (χ1n) is 5.98. The minimum absolute atomic E-state index is 0.0321. The van der Waals surface area contributed by atoms with Gasteiger partial charge in [-0.05, 0) is 45.3 Å². The Kier molecular flexibility index (Phi) is 3.21. The van der Waals surface area contributed by atoms with E-state index in [-0.39, 0.29) is 17.3 Å². The van der Waals surface area contributed by atoms with Gasteiger partial charge in [-0.3, -0.25) is 0 Å². The predicted octanol–water partition coefficient (Wildman–Crippen LogP) is 1.60. The molecule has 1 aromatic carbocycles. The quantitative estimate of drug-likeness (QED) is 0.807. The van der Waals surface area contributed by atoms with Gasteiger partial charge >= 0.3 is 13.1 Å². The molecule has 0 bridgehead atoms. The fourth-order valence-corrected chi connectivity index (χ4v) is 1.91. The molecule has 1 unspecified atom stereocenters. The molecule has 0 spiro atoms. The van der Waals surface area contributed by atoms with Crippen LogP contribution in [0, 0.1) is 6.92 Å². The lowest BCUT2D eigenvalue weighted by atomic mass is 9.75. The molecule has 0 aliphatic carbocycles. The predicted molar refractivity (Wildman–Crippen MR) is 69.2 cm³/mol. The first-order chi connectivity index (χ1) is 8.31. The lowest BCUT2D eigenvalue weighted by molar-refractivity contribution is 0.0697. The Balaban J connectivity index is 2.34. The zero-order valence-electron chi connectivity index (χ0n) is 11.1. The molecule has 1 aromatic rings. The number of hydrogen-bond donors (Lipinski definition) is 1. The lowest BCUT2D eigenvalue weighted by Crippen LogP contribution is -2.36. The van der Waals surface area contributed by atoms with Crippen LogP contribution in [0.3, 0.4) is 0 Å². The normalized spacial score (nSPS) is 22.2. The summed E-state index contributed by atoms with van der Waals surface area (Å²) in [4.78, 5) is 11.0. The van der Waals surface area contributed by atoms with Crippen LogP contribution in [0.2, 0.25) is 0 Å². The van der Waals surface area contributed by atoms with E-state index in [9.17, 15) is 4.79 Å². The summed E-state index contributed by atoms with van der Waals surface area (Å²) in [5.41, 5.74) is 1.64. The van der Waals surface area contributed by atoms with Crippen LogP contribution >= 0.6 is 0 Å². The molecule has 0 aromatic heterocycles. The Morgan fingerprint density at radius 2 is 2.11 bits per heavy atom. The number of aryl methyl sites for hydroxylation is 1. The third-order valence-electron chi connectivity index (χ3n) is 3.50.